The highest BCUT2D eigenvalue weighted by atomic mass is 35.5. The number of hydrogen-bond donors (Lipinski definition) is 2. The summed E-state index contributed by atoms with van der Waals surface area (Å²) in [5.41, 5.74) is 6.15. The number of amides is 1. The Labute approximate surface area is 127 Å². The van der Waals surface area contributed by atoms with Crippen LogP contribution in [0.25, 0.3) is 0 Å². The molecule has 0 fully saturated rings. The molecule has 5 heteroatoms. The van der Waals surface area contributed by atoms with E-state index >= 15 is 0 Å². The third-order valence-electron chi connectivity index (χ3n) is 3.06. The minimum atomic E-state index is -0.471. The van der Waals surface area contributed by atoms with Gasteiger partial charge in [0.25, 0.3) is 0 Å². The summed E-state index contributed by atoms with van der Waals surface area (Å²) < 4.78 is 5.34. The first-order chi connectivity index (χ1) is 8.86. The lowest BCUT2D eigenvalue weighted by molar-refractivity contribution is -0.122. The van der Waals surface area contributed by atoms with E-state index in [0.717, 1.165) is 11.3 Å². The van der Waals surface area contributed by atoms with Crippen LogP contribution in [0.5, 0.6) is 5.75 Å². The van der Waals surface area contributed by atoms with Crippen molar-refractivity contribution >= 4 is 18.3 Å². The largest absolute Gasteiger partial charge is 0.496 e. The Kier molecular flexibility index (Phi) is 7.61. The minimum Gasteiger partial charge on any atom is -0.496 e. The zero-order valence-corrected chi connectivity index (χ0v) is 13.4. The minimum absolute atomic E-state index is 0. The number of ether oxygens (including phenoxy) is 1. The number of nitrogens with one attached hydrogen (secondary N) is 1. The molecular formula is C15H25ClN2O2. The SMILES string of the molecule is COc1ccccc1C(C)(C)NC(=O)CCC(C)N.Cl. The molecule has 0 aliphatic heterocycles. The number of carbonyl (C=O) groups is 1. The van der Waals surface area contributed by atoms with Gasteiger partial charge in [0.05, 0.1) is 12.6 Å². The van der Waals surface area contributed by atoms with E-state index in [0.29, 0.717) is 12.8 Å². The Morgan fingerprint density at radius 3 is 2.55 bits per heavy atom. The number of halogens is 1. The van der Waals surface area contributed by atoms with E-state index < -0.39 is 5.54 Å². The van der Waals surface area contributed by atoms with E-state index in [1.807, 2.05) is 45.0 Å². The van der Waals surface area contributed by atoms with Crippen molar-refractivity contribution in [2.24, 2.45) is 5.73 Å². The summed E-state index contributed by atoms with van der Waals surface area (Å²) in [6, 6.07) is 7.75. The summed E-state index contributed by atoms with van der Waals surface area (Å²) in [6.07, 6.45) is 1.13. The number of rotatable bonds is 6. The highest BCUT2D eigenvalue weighted by molar-refractivity contribution is 5.85. The molecule has 1 rings (SSSR count). The predicted octanol–water partition coefficient (Wildman–Crippen LogP) is 2.60. The summed E-state index contributed by atoms with van der Waals surface area (Å²) in [5.74, 6) is 0.785. The molecule has 114 valence electrons. The molecule has 0 aliphatic carbocycles. The van der Waals surface area contributed by atoms with Crippen LogP contribution in [0.2, 0.25) is 0 Å². The van der Waals surface area contributed by atoms with Crippen molar-refractivity contribution in [3.63, 3.8) is 0 Å². The zero-order valence-electron chi connectivity index (χ0n) is 12.6. The summed E-state index contributed by atoms with van der Waals surface area (Å²) in [7, 11) is 1.63. The summed E-state index contributed by atoms with van der Waals surface area (Å²) >= 11 is 0. The van der Waals surface area contributed by atoms with Gasteiger partial charge in [-0.1, -0.05) is 18.2 Å². The molecule has 1 aromatic rings. The second kappa shape index (κ2) is 8.12. The molecule has 0 saturated carbocycles. The van der Waals surface area contributed by atoms with Crippen LogP contribution in [0.4, 0.5) is 0 Å². The first-order valence-corrected chi connectivity index (χ1v) is 6.57. The standard InChI is InChI=1S/C15H24N2O2.ClH/c1-11(16)9-10-14(18)17-15(2,3)12-7-5-6-8-13(12)19-4;/h5-8,11H,9-10,16H2,1-4H3,(H,17,18);1H. The summed E-state index contributed by atoms with van der Waals surface area (Å²) in [4.78, 5) is 11.9. The molecule has 0 heterocycles. The maximum atomic E-state index is 11.9. The van der Waals surface area contributed by atoms with Crippen LogP contribution < -0.4 is 15.8 Å². The van der Waals surface area contributed by atoms with Crippen molar-refractivity contribution < 1.29 is 9.53 Å². The van der Waals surface area contributed by atoms with Crippen molar-refractivity contribution in [2.45, 2.75) is 45.2 Å². The first-order valence-electron chi connectivity index (χ1n) is 6.57. The highest BCUT2D eigenvalue weighted by Gasteiger charge is 2.25. The monoisotopic (exact) mass is 300 g/mol. The van der Waals surface area contributed by atoms with Crippen LogP contribution in [0.15, 0.2) is 24.3 Å². The summed E-state index contributed by atoms with van der Waals surface area (Å²) in [6.45, 7) is 5.84. The summed E-state index contributed by atoms with van der Waals surface area (Å²) in [5, 5.41) is 3.03. The van der Waals surface area contributed by atoms with Gasteiger partial charge < -0.3 is 15.8 Å². The van der Waals surface area contributed by atoms with Gasteiger partial charge in [-0.25, -0.2) is 0 Å². The Morgan fingerprint density at radius 2 is 2.00 bits per heavy atom. The van der Waals surface area contributed by atoms with Gasteiger partial charge >= 0.3 is 0 Å². The normalized spacial score (nSPS) is 12.2. The second-order valence-electron chi connectivity index (χ2n) is 5.39. The molecule has 0 radical (unpaired) electrons. The smallest absolute Gasteiger partial charge is 0.220 e. The maximum Gasteiger partial charge on any atom is 0.220 e. The fraction of sp³-hybridized carbons (Fsp3) is 0.533. The van der Waals surface area contributed by atoms with E-state index in [2.05, 4.69) is 5.32 Å². The molecular weight excluding hydrogens is 276 g/mol. The van der Waals surface area contributed by atoms with E-state index in [9.17, 15) is 4.79 Å². The van der Waals surface area contributed by atoms with Crippen LogP contribution in [0.3, 0.4) is 0 Å². The fourth-order valence-corrected chi connectivity index (χ4v) is 2.00. The fourth-order valence-electron chi connectivity index (χ4n) is 2.00. The molecule has 1 atom stereocenters. The first kappa shape index (κ1) is 18.7. The van der Waals surface area contributed by atoms with E-state index in [1.165, 1.54) is 0 Å². The van der Waals surface area contributed by atoms with Crippen molar-refractivity contribution in [1.29, 1.82) is 0 Å². The van der Waals surface area contributed by atoms with Crippen molar-refractivity contribution in [1.82, 2.24) is 5.32 Å². The van der Waals surface area contributed by atoms with Gasteiger partial charge in [-0.3, -0.25) is 4.79 Å². The zero-order chi connectivity index (χ0) is 14.5. The quantitative estimate of drug-likeness (QED) is 0.849. The van der Waals surface area contributed by atoms with Crippen LogP contribution in [-0.2, 0) is 10.3 Å². The lowest BCUT2D eigenvalue weighted by Gasteiger charge is -2.28. The number of nitrogens with two attached hydrogens (primary N) is 1. The average Bonchev–Trinajstić information content (AvgIpc) is 2.35. The Morgan fingerprint density at radius 1 is 1.40 bits per heavy atom. The van der Waals surface area contributed by atoms with Crippen molar-refractivity contribution in [3.8, 4) is 5.75 Å². The number of hydrogen-bond acceptors (Lipinski definition) is 3. The number of carbonyl (C=O) groups excluding carboxylic acids is 1. The third kappa shape index (κ3) is 5.39. The number of para-hydroxylation sites is 1. The Bertz CT molecular complexity index is 434. The average molecular weight is 301 g/mol. The van der Waals surface area contributed by atoms with Gasteiger partial charge in [0.2, 0.25) is 5.91 Å². The predicted molar refractivity (Wildman–Crippen MR) is 84.3 cm³/mol. The highest BCUT2D eigenvalue weighted by Crippen LogP contribution is 2.29. The van der Waals surface area contributed by atoms with Crippen LogP contribution in [0, 0.1) is 0 Å². The Hall–Kier alpha value is -1.26. The van der Waals surface area contributed by atoms with Gasteiger partial charge in [-0.15, -0.1) is 12.4 Å². The van der Waals surface area contributed by atoms with Crippen LogP contribution in [-0.4, -0.2) is 19.1 Å². The third-order valence-corrected chi connectivity index (χ3v) is 3.06. The number of benzene rings is 1. The molecule has 1 amide bonds. The van der Waals surface area contributed by atoms with Gasteiger partial charge in [-0.05, 0) is 33.3 Å². The lowest BCUT2D eigenvalue weighted by atomic mass is 9.93. The van der Waals surface area contributed by atoms with Gasteiger partial charge in [-0.2, -0.15) is 0 Å². The van der Waals surface area contributed by atoms with Crippen LogP contribution in [0.1, 0.15) is 39.2 Å². The molecule has 4 nitrogen and oxygen atoms in total. The molecule has 0 aromatic heterocycles. The van der Waals surface area contributed by atoms with Crippen LogP contribution >= 0.6 is 12.4 Å². The van der Waals surface area contributed by atoms with Gasteiger partial charge in [0.1, 0.15) is 5.75 Å². The number of methoxy groups -OCH3 is 1. The second-order valence-corrected chi connectivity index (χ2v) is 5.39. The molecule has 0 spiro atoms. The Balaban J connectivity index is 0.00000361. The molecule has 20 heavy (non-hydrogen) atoms. The lowest BCUT2D eigenvalue weighted by Crippen LogP contribution is -2.41. The molecule has 0 bridgehead atoms. The van der Waals surface area contributed by atoms with Gasteiger partial charge in [0.15, 0.2) is 0 Å². The molecule has 0 aliphatic rings. The van der Waals surface area contributed by atoms with E-state index in [1.54, 1.807) is 7.11 Å². The molecule has 1 aromatic carbocycles. The van der Waals surface area contributed by atoms with E-state index in [-0.39, 0.29) is 24.4 Å². The van der Waals surface area contributed by atoms with Gasteiger partial charge in [0, 0.05) is 18.0 Å². The van der Waals surface area contributed by atoms with Crippen molar-refractivity contribution in [3.05, 3.63) is 29.8 Å². The molecule has 1 unspecified atom stereocenters. The topological polar surface area (TPSA) is 64.3 Å². The van der Waals surface area contributed by atoms with Crippen molar-refractivity contribution in [2.75, 3.05) is 7.11 Å². The molecule has 0 saturated heterocycles. The molecule has 3 N–H and O–H groups in total. The van der Waals surface area contributed by atoms with E-state index in [4.69, 9.17) is 10.5 Å². The maximum absolute atomic E-state index is 11.9.